The predicted octanol–water partition coefficient (Wildman–Crippen LogP) is 2.83. The lowest BCUT2D eigenvalue weighted by molar-refractivity contribution is 0.112. The Bertz CT molecular complexity index is 500. The summed E-state index contributed by atoms with van der Waals surface area (Å²) in [6.07, 6.45) is 3.68. The van der Waals surface area contributed by atoms with E-state index in [9.17, 15) is 9.18 Å². The van der Waals surface area contributed by atoms with E-state index in [1.54, 1.807) is 18.3 Å². The number of ether oxygens (including phenoxy) is 1. The molecule has 2 rings (SSSR count). The molecule has 1 heterocycles. The van der Waals surface area contributed by atoms with Crippen molar-refractivity contribution >= 4 is 6.29 Å². The number of rotatable bonds is 3. The number of hydrogen-bond acceptors (Lipinski definition) is 3. The van der Waals surface area contributed by atoms with E-state index in [1.165, 1.54) is 18.3 Å². The van der Waals surface area contributed by atoms with Crippen molar-refractivity contribution in [2.75, 3.05) is 0 Å². The van der Waals surface area contributed by atoms with Gasteiger partial charge in [0.25, 0.3) is 0 Å². The Morgan fingerprint density at radius 1 is 1.25 bits per heavy atom. The second-order valence-electron chi connectivity index (χ2n) is 3.13. The van der Waals surface area contributed by atoms with Crippen LogP contribution < -0.4 is 4.74 Å². The van der Waals surface area contributed by atoms with Crippen molar-refractivity contribution in [3.05, 3.63) is 54.1 Å². The van der Waals surface area contributed by atoms with Crippen molar-refractivity contribution in [3.63, 3.8) is 0 Å². The number of hydrogen-bond donors (Lipinski definition) is 0. The smallest absolute Gasteiger partial charge is 0.150 e. The Morgan fingerprint density at radius 2 is 2.12 bits per heavy atom. The van der Waals surface area contributed by atoms with Crippen molar-refractivity contribution in [3.8, 4) is 11.5 Å². The van der Waals surface area contributed by atoms with Crippen LogP contribution in [-0.4, -0.2) is 11.3 Å². The number of carbonyl (C=O) groups excluding carboxylic acids is 1. The maximum atomic E-state index is 13.1. The average molecular weight is 217 g/mol. The molecule has 0 radical (unpaired) electrons. The Hall–Kier alpha value is -2.23. The molecule has 4 heteroatoms. The normalized spacial score (nSPS) is 9.81. The maximum absolute atomic E-state index is 13.1. The zero-order valence-electron chi connectivity index (χ0n) is 8.26. The third kappa shape index (κ3) is 2.42. The summed E-state index contributed by atoms with van der Waals surface area (Å²) in [5, 5.41) is 0. The Kier molecular flexibility index (Phi) is 2.91. The molecule has 80 valence electrons. The molecule has 1 aromatic carbocycles. The van der Waals surface area contributed by atoms with Crippen LogP contribution in [0.25, 0.3) is 0 Å². The molecule has 0 aliphatic carbocycles. The van der Waals surface area contributed by atoms with Gasteiger partial charge in [0.05, 0.1) is 6.20 Å². The lowest BCUT2D eigenvalue weighted by Crippen LogP contribution is -1.89. The van der Waals surface area contributed by atoms with Gasteiger partial charge in [-0.05, 0) is 24.3 Å². The fraction of sp³-hybridized carbons (Fsp3) is 0. The van der Waals surface area contributed by atoms with Gasteiger partial charge in [0.2, 0.25) is 0 Å². The molecule has 0 bridgehead atoms. The summed E-state index contributed by atoms with van der Waals surface area (Å²) in [7, 11) is 0. The van der Waals surface area contributed by atoms with Crippen LogP contribution in [0.4, 0.5) is 4.39 Å². The summed E-state index contributed by atoms with van der Waals surface area (Å²) in [5.41, 5.74) is 0.235. The van der Waals surface area contributed by atoms with Gasteiger partial charge < -0.3 is 4.74 Å². The number of halogens is 1. The fourth-order valence-electron chi connectivity index (χ4n) is 1.25. The molecular weight excluding hydrogens is 209 g/mol. The molecule has 3 nitrogen and oxygen atoms in total. The van der Waals surface area contributed by atoms with Crippen LogP contribution >= 0.6 is 0 Å². The van der Waals surface area contributed by atoms with E-state index in [1.807, 2.05) is 0 Å². The number of aldehydes is 1. The molecule has 2 aromatic rings. The summed E-state index contributed by atoms with van der Waals surface area (Å²) < 4.78 is 18.4. The molecule has 0 unspecified atom stereocenters. The van der Waals surface area contributed by atoms with Crippen molar-refractivity contribution in [2.45, 2.75) is 0 Å². The van der Waals surface area contributed by atoms with Crippen molar-refractivity contribution < 1.29 is 13.9 Å². The first kappa shape index (κ1) is 10.3. The van der Waals surface area contributed by atoms with E-state index in [-0.39, 0.29) is 11.3 Å². The Labute approximate surface area is 91.5 Å². The van der Waals surface area contributed by atoms with Crippen LogP contribution in [0.2, 0.25) is 0 Å². The van der Waals surface area contributed by atoms with Crippen molar-refractivity contribution in [1.82, 2.24) is 4.98 Å². The molecule has 0 saturated heterocycles. The summed E-state index contributed by atoms with van der Waals surface area (Å²) in [4.78, 5) is 14.4. The third-order valence-electron chi connectivity index (χ3n) is 1.90. The van der Waals surface area contributed by atoms with Gasteiger partial charge in [-0.2, -0.15) is 0 Å². The van der Waals surface area contributed by atoms with Gasteiger partial charge in [0.15, 0.2) is 0 Å². The van der Waals surface area contributed by atoms with Crippen molar-refractivity contribution in [2.24, 2.45) is 0 Å². The van der Waals surface area contributed by atoms with E-state index < -0.39 is 5.82 Å². The molecule has 0 atom stereocenters. The first-order chi connectivity index (χ1) is 7.78. The summed E-state index contributed by atoms with van der Waals surface area (Å²) >= 11 is 0. The minimum absolute atomic E-state index is 0.235. The molecular formula is C12H8FNO2. The van der Waals surface area contributed by atoms with Gasteiger partial charge in [-0.15, -0.1) is 0 Å². The molecule has 0 saturated carbocycles. The Balaban J connectivity index is 2.28. The van der Waals surface area contributed by atoms with Gasteiger partial charge in [-0.1, -0.05) is 0 Å². The average Bonchev–Trinajstić information content (AvgIpc) is 2.29. The Morgan fingerprint density at radius 3 is 2.81 bits per heavy atom. The van der Waals surface area contributed by atoms with Crippen LogP contribution in [0.5, 0.6) is 11.5 Å². The van der Waals surface area contributed by atoms with Gasteiger partial charge >= 0.3 is 0 Å². The molecule has 0 fully saturated rings. The molecule has 0 aliphatic rings. The van der Waals surface area contributed by atoms with E-state index in [0.29, 0.717) is 12.0 Å². The number of aromatic nitrogens is 1. The van der Waals surface area contributed by atoms with Crippen LogP contribution in [0.1, 0.15) is 10.4 Å². The molecule has 0 N–H and O–H groups in total. The standard InChI is InChI=1S/C12H8FNO2/c13-10-4-9(8-15)5-12(6-10)16-11-2-1-3-14-7-11/h1-8H. The van der Waals surface area contributed by atoms with E-state index in [4.69, 9.17) is 4.74 Å². The summed E-state index contributed by atoms with van der Waals surface area (Å²) in [6.45, 7) is 0. The van der Waals surface area contributed by atoms with E-state index >= 15 is 0 Å². The number of nitrogens with zero attached hydrogens (tertiary/aromatic N) is 1. The lowest BCUT2D eigenvalue weighted by atomic mass is 10.2. The summed E-state index contributed by atoms with van der Waals surface area (Å²) in [6, 6.07) is 7.21. The lowest BCUT2D eigenvalue weighted by Gasteiger charge is -2.05. The highest BCUT2D eigenvalue weighted by molar-refractivity contribution is 5.75. The second-order valence-corrected chi connectivity index (χ2v) is 3.13. The molecule has 0 aliphatic heterocycles. The zero-order valence-corrected chi connectivity index (χ0v) is 8.26. The quantitative estimate of drug-likeness (QED) is 0.742. The fourth-order valence-corrected chi connectivity index (χ4v) is 1.25. The summed E-state index contributed by atoms with van der Waals surface area (Å²) in [5.74, 6) is 0.253. The number of benzene rings is 1. The molecule has 0 amide bonds. The highest BCUT2D eigenvalue weighted by Crippen LogP contribution is 2.22. The molecule has 1 aromatic heterocycles. The SMILES string of the molecule is O=Cc1cc(F)cc(Oc2cccnc2)c1. The largest absolute Gasteiger partial charge is 0.456 e. The predicted molar refractivity (Wildman–Crippen MR) is 56.1 cm³/mol. The van der Waals surface area contributed by atoms with Gasteiger partial charge in [-0.25, -0.2) is 4.39 Å². The van der Waals surface area contributed by atoms with Crippen LogP contribution in [0.15, 0.2) is 42.7 Å². The van der Waals surface area contributed by atoms with Crippen LogP contribution in [-0.2, 0) is 0 Å². The third-order valence-corrected chi connectivity index (χ3v) is 1.90. The molecule has 0 spiro atoms. The van der Waals surface area contributed by atoms with E-state index in [0.717, 1.165) is 6.07 Å². The molecule has 16 heavy (non-hydrogen) atoms. The van der Waals surface area contributed by atoms with Crippen LogP contribution in [0, 0.1) is 5.82 Å². The second kappa shape index (κ2) is 4.53. The maximum Gasteiger partial charge on any atom is 0.150 e. The van der Waals surface area contributed by atoms with Gasteiger partial charge in [0, 0.05) is 17.8 Å². The van der Waals surface area contributed by atoms with Gasteiger partial charge in [0.1, 0.15) is 23.6 Å². The highest BCUT2D eigenvalue weighted by atomic mass is 19.1. The van der Waals surface area contributed by atoms with Crippen LogP contribution in [0.3, 0.4) is 0 Å². The first-order valence-electron chi connectivity index (χ1n) is 4.61. The number of pyridine rings is 1. The van der Waals surface area contributed by atoms with E-state index in [2.05, 4.69) is 4.98 Å². The minimum atomic E-state index is -0.511. The first-order valence-corrected chi connectivity index (χ1v) is 4.61. The monoisotopic (exact) mass is 217 g/mol. The van der Waals surface area contributed by atoms with Gasteiger partial charge in [-0.3, -0.25) is 9.78 Å². The number of carbonyl (C=O) groups is 1. The minimum Gasteiger partial charge on any atom is -0.456 e. The highest BCUT2D eigenvalue weighted by Gasteiger charge is 2.02. The van der Waals surface area contributed by atoms with Crippen molar-refractivity contribution in [1.29, 1.82) is 0 Å². The zero-order chi connectivity index (χ0) is 11.4. The topological polar surface area (TPSA) is 39.2 Å².